The standard InChI is InChI=1S/C15H16BrN3O2/c1-3-18-12-6-7-17-9-11(12)15(20)19-13-8-10(16)4-5-14(13)21-2/h4-9H,3H2,1-2H3,(H,17,18)(H,19,20). The first kappa shape index (κ1) is 15.3. The monoisotopic (exact) mass is 349 g/mol. The van der Waals surface area contributed by atoms with E-state index >= 15 is 0 Å². The molecule has 2 rings (SSSR count). The van der Waals surface area contributed by atoms with Crippen molar-refractivity contribution >= 4 is 33.2 Å². The Kier molecular flexibility index (Phi) is 5.16. The highest BCUT2D eigenvalue weighted by Gasteiger charge is 2.14. The summed E-state index contributed by atoms with van der Waals surface area (Å²) in [5.41, 5.74) is 1.84. The van der Waals surface area contributed by atoms with E-state index in [2.05, 4.69) is 31.5 Å². The Balaban J connectivity index is 2.28. The van der Waals surface area contributed by atoms with E-state index in [1.54, 1.807) is 31.5 Å². The maximum Gasteiger partial charge on any atom is 0.259 e. The van der Waals surface area contributed by atoms with Crippen LogP contribution in [0.5, 0.6) is 5.75 Å². The van der Waals surface area contributed by atoms with Gasteiger partial charge in [-0.05, 0) is 31.2 Å². The van der Waals surface area contributed by atoms with E-state index in [-0.39, 0.29) is 5.91 Å². The molecule has 2 N–H and O–H groups in total. The summed E-state index contributed by atoms with van der Waals surface area (Å²) in [6, 6.07) is 7.20. The summed E-state index contributed by atoms with van der Waals surface area (Å²) in [6.45, 7) is 2.70. The van der Waals surface area contributed by atoms with Gasteiger partial charge in [0.2, 0.25) is 0 Å². The summed E-state index contributed by atoms with van der Waals surface area (Å²) in [5, 5.41) is 5.98. The average molecular weight is 350 g/mol. The lowest BCUT2D eigenvalue weighted by atomic mass is 10.2. The van der Waals surface area contributed by atoms with Crippen molar-refractivity contribution < 1.29 is 9.53 Å². The van der Waals surface area contributed by atoms with Crippen molar-refractivity contribution in [2.24, 2.45) is 0 Å². The third-order valence-corrected chi connectivity index (χ3v) is 3.34. The third-order valence-electron chi connectivity index (χ3n) is 2.84. The number of carbonyl (C=O) groups is 1. The predicted molar refractivity (Wildman–Crippen MR) is 87.0 cm³/mol. The van der Waals surface area contributed by atoms with Crippen molar-refractivity contribution in [2.75, 3.05) is 24.3 Å². The Morgan fingerprint density at radius 1 is 1.33 bits per heavy atom. The Labute approximate surface area is 131 Å². The molecular weight excluding hydrogens is 334 g/mol. The van der Waals surface area contributed by atoms with Crippen molar-refractivity contribution in [3.05, 3.63) is 46.7 Å². The Morgan fingerprint density at radius 2 is 2.14 bits per heavy atom. The van der Waals surface area contributed by atoms with Gasteiger partial charge in [-0.3, -0.25) is 9.78 Å². The predicted octanol–water partition coefficient (Wildman–Crippen LogP) is 3.54. The third kappa shape index (κ3) is 3.72. The van der Waals surface area contributed by atoms with E-state index in [9.17, 15) is 4.79 Å². The number of amides is 1. The molecule has 1 heterocycles. The highest BCUT2D eigenvalue weighted by molar-refractivity contribution is 9.10. The molecule has 21 heavy (non-hydrogen) atoms. The summed E-state index contributed by atoms with van der Waals surface area (Å²) in [7, 11) is 1.56. The molecule has 1 amide bonds. The molecule has 0 spiro atoms. The van der Waals surface area contributed by atoms with Crippen LogP contribution in [0.1, 0.15) is 17.3 Å². The molecular formula is C15H16BrN3O2. The number of aromatic nitrogens is 1. The summed E-state index contributed by atoms with van der Waals surface area (Å²) < 4.78 is 6.11. The molecule has 0 aliphatic carbocycles. The molecule has 0 aliphatic rings. The van der Waals surface area contributed by atoms with Gasteiger partial charge in [-0.1, -0.05) is 15.9 Å². The van der Waals surface area contributed by atoms with Gasteiger partial charge in [-0.2, -0.15) is 0 Å². The molecule has 1 aromatic heterocycles. The smallest absolute Gasteiger partial charge is 0.259 e. The van der Waals surface area contributed by atoms with Gasteiger partial charge in [0.15, 0.2) is 0 Å². The molecule has 0 fully saturated rings. The number of benzene rings is 1. The number of hydrogen-bond acceptors (Lipinski definition) is 4. The molecule has 0 atom stereocenters. The maximum atomic E-state index is 12.4. The molecule has 1 aromatic carbocycles. The van der Waals surface area contributed by atoms with Gasteiger partial charge < -0.3 is 15.4 Å². The molecule has 6 heteroatoms. The normalized spacial score (nSPS) is 10.0. The minimum atomic E-state index is -0.240. The zero-order valence-electron chi connectivity index (χ0n) is 11.8. The summed E-state index contributed by atoms with van der Waals surface area (Å²) in [5.74, 6) is 0.357. The van der Waals surface area contributed by atoms with E-state index < -0.39 is 0 Å². The van der Waals surface area contributed by atoms with Crippen LogP contribution in [0.4, 0.5) is 11.4 Å². The van der Waals surface area contributed by atoms with Gasteiger partial charge in [0.1, 0.15) is 5.75 Å². The molecule has 0 saturated heterocycles. The van der Waals surface area contributed by atoms with Crippen LogP contribution in [0.25, 0.3) is 0 Å². The van der Waals surface area contributed by atoms with Crippen LogP contribution in [0.15, 0.2) is 41.1 Å². The van der Waals surface area contributed by atoms with Crippen molar-refractivity contribution in [1.29, 1.82) is 0 Å². The summed E-state index contributed by atoms with van der Waals surface area (Å²) >= 11 is 3.38. The van der Waals surface area contributed by atoms with Gasteiger partial charge in [-0.25, -0.2) is 0 Å². The minimum Gasteiger partial charge on any atom is -0.495 e. The first-order chi connectivity index (χ1) is 10.2. The molecule has 5 nitrogen and oxygen atoms in total. The summed E-state index contributed by atoms with van der Waals surface area (Å²) in [4.78, 5) is 16.4. The molecule has 2 aromatic rings. The Bertz CT molecular complexity index is 647. The molecule has 0 saturated carbocycles. The lowest BCUT2D eigenvalue weighted by molar-refractivity contribution is 0.102. The Hall–Kier alpha value is -2.08. The van der Waals surface area contributed by atoms with Gasteiger partial charge in [0.05, 0.1) is 24.0 Å². The van der Waals surface area contributed by atoms with Crippen molar-refractivity contribution in [3.63, 3.8) is 0 Å². The number of methoxy groups -OCH3 is 1. The average Bonchev–Trinajstić information content (AvgIpc) is 2.48. The fourth-order valence-corrected chi connectivity index (χ4v) is 2.25. The largest absolute Gasteiger partial charge is 0.495 e. The van der Waals surface area contributed by atoms with Crippen LogP contribution in [0, 0.1) is 0 Å². The van der Waals surface area contributed by atoms with Crippen LogP contribution in [0.2, 0.25) is 0 Å². The van der Waals surface area contributed by atoms with Crippen LogP contribution < -0.4 is 15.4 Å². The fourth-order valence-electron chi connectivity index (χ4n) is 1.89. The lowest BCUT2D eigenvalue weighted by Gasteiger charge is -2.13. The molecule has 0 aliphatic heterocycles. The van der Waals surface area contributed by atoms with E-state index in [1.807, 2.05) is 13.0 Å². The topological polar surface area (TPSA) is 63.2 Å². The van der Waals surface area contributed by atoms with Gasteiger partial charge in [0, 0.05) is 23.4 Å². The first-order valence-corrected chi connectivity index (χ1v) is 7.27. The number of nitrogens with one attached hydrogen (secondary N) is 2. The van der Waals surface area contributed by atoms with Crippen molar-refractivity contribution in [2.45, 2.75) is 6.92 Å². The SMILES string of the molecule is CCNc1ccncc1C(=O)Nc1cc(Br)ccc1OC. The number of rotatable bonds is 5. The summed E-state index contributed by atoms with van der Waals surface area (Å²) in [6.07, 6.45) is 3.19. The number of anilines is 2. The fraction of sp³-hybridized carbons (Fsp3) is 0.200. The van der Waals surface area contributed by atoms with Crippen LogP contribution in [-0.4, -0.2) is 24.5 Å². The van der Waals surface area contributed by atoms with Gasteiger partial charge in [-0.15, -0.1) is 0 Å². The second kappa shape index (κ2) is 7.08. The van der Waals surface area contributed by atoms with Crippen molar-refractivity contribution in [3.8, 4) is 5.75 Å². The lowest BCUT2D eigenvalue weighted by Crippen LogP contribution is -2.15. The van der Waals surface area contributed by atoms with E-state index in [4.69, 9.17) is 4.74 Å². The number of nitrogens with zero attached hydrogens (tertiary/aromatic N) is 1. The zero-order chi connectivity index (χ0) is 15.2. The van der Waals surface area contributed by atoms with Crippen LogP contribution in [-0.2, 0) is 0 Å². The highest BCUT2D eigenvalue weighted by Crippen LogP contribution is 2.28. The molecule has 0 bridgehead atoms. The quantitative estimate of drug-likeness (QED) is 0.866. The van der Waals surface area contributed by atoms with E-state index in [0.29, 0.717) is 17.0 Å². The number of carbonyl (C=O) groups excluding carboxylic acids is 1. The van der Waals surface area contributed by atoms with Crippen LogP contribution >= 0.6 is 15.9 Å². The zero-order valence-corrected chi connectivity index (χ0v) is 13.4. The molecule has 0 radical (unpaired) electrons. The first-order valence-electron chi connectivity index (χ1n) is 6.48. The number of ether oxygens (including phenoxy) is 1. The second-order valence-electron chi connectivity index (χ2n) is 4.25. The Morgan fingerprint density at radius 3 is 2.86 bits per heavy atom. The van der Waals surface area contributed by atoms with Gasteiger partial charge in [0.25, 0.3) is 5.91 Å². The van der Waals surface area contributed by atoms with Crippen molar-refractivity contribution in [1.82, 2.24) is 4.98 Å². The molecule has 0 unspecified atom stereocenters. The van der Waals surface area contributed by atoms with Gasteiger partial charge >= 0.3 is 0 Å². The number of pyridine rings is 1. The van der Waals surface area contributed by atoms with Crippen LogP contribution in [0.3, 0.4) is 0 Å². The minimum absolute atomic E-state index is 0.240. The second-order valence-corrected chi connectivity index (χ2v) is 5.17. The van der Waals surface area contributed by atoms with E-state index in [1.165, 1.54) is 6.20 Å². The van der Waals surface area contributed by atoms with E-state index in [0.717, 1.165) is 16.7 Å². The molecule has 110 valence electrons. The highest BCUT2D eigenvalue weighted by atomic mass is 79.9. The number of hydrogen-bond donors (Lipinski definition) is 2. The maximum absolute atomic E-state index is 12.4. The number of halogens is 1.